The molecule has 3 N–H and O–H groups in total. The van der Waals surface area contributed by atoms with Crippen LogP contribution in [0.3, 0.4) is 0 Å². The third-order valence-corrected chi connectivity index (χ3v) is 4.21. The standard InChI is InChI=1S/C20H45N3/c1-7-10-11-12-13-14-15-16-18(23-20(4,5)6)17-19(21-8-2)22-9-3/h18-19,21-23H,7-17H2,1-6H3. The summed E-state index contributed by atoms with van der Waals surface area (Å²) in [6, 6.07) is 0.591. The van der Waals surface area contributed by atoms with Crippen LogP contribution in [0.5, 0.6) is 0 Å². The monoisotopic (exact) mass is 327 g/mol. The fraction of sp³-hybridized carbons (Fsp3) is 1.00. The van der Waals surface area contributed by atoms with Crippen LogP contribution in [0.4, 0.5) is 0 Å². The maximum absolute atomic E-state index is 3.83. The van der Waals surface area contributed by atoms with Crippen LogP contribution in [0.25, 0.3) is 0 Å². The van der Waals surface area contributed by atoms with Gasteiger partial charge in [0.1, 0.15) is 0 Å². The Hall–Kier alpha value is -0.120. The predicted molar refractivity (Wildman–Crippen MR) is 105 cm³/mol. The summed E-state index contributed by atoms with van der Waals surface area (Å²) >= 11 is 0. The summed E-state index contributed by atoms with van der Waals surface area (Å²) in [5, 5.41) is 11.0. The lowest BCUT2D eigenvalue weighted by molar-refractivity contribution is 0.283. The van der Waals surface area contributed by atoms with Crippen molar-refractivity contribution in [2.24, 2.45) is 0 Å². The fourth-order valence-electron chi connectivity index (χ4n) is 3.23. The van der Waals surface area contributed by atoms with Crippen LogP contribution in [0.2, 0.25) is 0 Å². The van der Waals surface area contributed by atoms with Gasteiger partial charge in [-0.2, -0.15) is 0 Å². The normalized spacial score (nSPS) is 13.7. The molecule has 0 aromatic carbocycles. The van der Waals surface area contributed by atoms with Crippen molar-refractivity contribution in [3.63, 3.8) is 0 Å². The topological polar surface area (TPSA) is 36.1 Å². The summed E-state index contributed by atoms with van der Waals surface area (Å²) in [5.74, 6) is 0. The summed E-state index contributed by atoms with van der Waals surface area (Å²) in [5.41, 5.74) is 0.189. The van der Waals surface area contributed by atoms with Gasteiger partial charge in [-0.25, -0.2) is 0 Å². The second-order valence-electron chi connectivity index (χ2n) is 7.90. The molecule has 0 aliphatic rings. The largest absolute Gasteiger partial charge is 0.309 e. The number of hydrogen-bond acceptors (Lipinski definition) is 3. The van der Waals surface area contributed by atoms with E-state index in [-0.39, 0.29) is 5.54 Å². The van der Waals surface area contributed by atoms with E-state index in [1.54, 1.807) is 0 Å². The van der Waals surface area contributed by atoms with Gasteiger partial charge in [-0.15, -0.1) is 0 Å². The smallest absolute Gasteiger partial charge is 0.0586 e. The third kappa shape index (κ3) is 15.2. The molecule has 1 unspecified atom stereocenters. The zero-order valence-corrected chi connectivity index (χ0v) is 16.9. The Kier molecular flexibility index (Phi) is 14.2. The van der Waals surface area contributed by atoms with E-state index in [1.807, 2.05) is 0 Å². The summed E-state index contributed by atoms with van der Waals surface area (Å²) in [6.45, 7) is 15.5. The zero-order chi connectivity index (χ0) is 17.6. The number of unbranched alkanes of at least 4 members (excludes halogenated alkanes) is 6. The Morgan fingerprint density at radius 1 is 0.739 bits per heavy atom. The van der Waals surface area contributed by atoms with Crippen molar-refractivity contribution in [1.29, 1.82) is 0 Å². The van der Waals surface area contributed by atoms with Gasteiger partial charge in [0, 0.05) is 11.6 Å². The van der Waals surface area contributed by atoms with Gasteiger partial charge in [0.15, 0.2) is 0 Å². The molecule has 0 radical (unpaired) electrons. The molecule has 0 amide bonds. The molecule has 0 saturated heterocycles. The number of rotatable bonds is 15. The first kappa shape index (κ1) is 22.9. The molecule has 23 heavy (non-hydrogen) atoms. The summed E-state index contributed by atoms with van der Waals surface area (Å²) < 4.78 is 0. The molecule has 0 aromatic heterocycles. The van der Waals surface area contributed by atoms with Crippen LogP contribution in [0, 0.1) is 0 Å². The van der Waals surface area contributed by atoms with Crippen molar-refractivity contribution in [2.45, 2.75) is 117 Å². The molecule has 0 fully saturated rings. The summed E-state index contributed by atoms with van der Waals surface area (Å²) in [7, 11) is 0. The van der Waals surface area contributed by atoms with Crippen LogP contribution in [-0.2, 0) is 0 Å². The van der Waals surface area contributed by atoms with E-state index >= 15 is 0 Å². The highest BCUT2D eigenvalue weighted by Gasteiger charge is 2.20. The second kappa shape index (κ2) is 14.2. The highest BCUT2D eigenvalue weighted by molar-refractivity contribution is 4.81. The number of hydrogen-bond donors (Lipinski definition) is 3. The molecule has 0 aliphatic carbocycles. The minimum atomic E-state index is 0.189. The number of nitrogens with one attached hydrogen (secondary N) is 3. The van der Waals surface area contributed by atoms with Crippen molar-refractivity contribution in [3.8, 4) is 0 Å². The molecule has 0 bridgehead atoms. The molecule has 0 aromatic rings. The highest BCUT2D eigenvalue weighted by Crippen LogP contribution is 2.14. The SMILES string of the molecule is CCCCCCCCCC(CC(NCC)NCC)NC(C)(C)C. The van der Waals surface area contributed by atoms with Gasteiger partial charge in [-0.05, 0) is 46.7 Å². The third-order valence-electron chi connectivity index (χ3n) is 4.21. The quantitative estimate of drug-likeness (QED) is 0.298. The van der Waals surface area contributed by atoms with E-state index in [9.17, 15) is 0 Å². The van der Waals surface area contributed by atoms with Crippen LogP contribution in [-0.4, -0.2) is 30.8 Å². The minimum Gasteiger partial charge on any atom is -0.309 e. The van der Waals surface area contributed by atoms with Crippen molar-refractivity contribution in [1.82, 2.24) is 16.0 Å². The summed E-state index contributed by atoms with van der Waals surface area (Å²) in [4.78, 5) is 0. The molecule has 0 heterocycles. The average Bonchev–Trinajstić information content (AvgIpc) is 2.45. The lowest BCUT2D eigenvalue weighted by Crippen LogP contribution is -2.50. The minimum absolute atomic E-state index is 0.189. The van der Waals surface area contributed by atoms with Gasteiger partial charge >= 0.3 is 0 Å². The van der Waals surface area contributed by atoms with E-state index in [4.69, 9.17) is 0 Å². The van der Waals surface area contributed by atoms with Gasteiger partial charge in [0.25, 0.3) is 0 Å². The van der Waals surface area contributed by atoms with E-state index in [2.05, 4.69) is 57.5 Å². The Balaban J connectivity index is 4.18. The molecule has 3 heteroatoms. The lowest BCUT2D eigenvalue weighted by Gasteiger charge is -2.32. The molecular formula is C20H45N3. The maximum Gasteiger partial charge on any atom is 0.0586 e. The fourth-order valence-corrected chi connectivity index (χ4v) is 3.23. The van der Waals surface area contributed by atoms with Crippen LogP contribution >= 0.6 is 0 Å². The Morgan fingerprint density at radius 3 is 1.74 bits per heavy atom. The molecule has 1 atom stereocenters. The van der Waals surface area contributed by atoms with Crippen molar-refractivity contribution in [3.05, 3.63) is 0 Å². The van der Waals surface area contributed by atoms with Gasteiger partial charge in [-0.3, -0.25) is 0 Å². The molecule has 0 rings (SSSR count). The van der Waals surface area contributed by atoms with E-state index in [0.29, 0.717) is 12.2 Å². The van der Waals surface area contributed by atoms with Crippen LogP contribution in [0.1, 0.15) is 99.3 Å². The van der Waals surface area contributed by atoms with Crippen molar-refractivity contribution >= 4 is 0 Å². The highest BCUT2D eigenvalue weighted by atomic mass is 15.1. The molecule has 0 spiro atoms. The lowest BCUT2D eigenvalue weighted by atomic mass is 9.98. The van der Waals surface area contributed by atoms with Gasteiger partial charge < -0.3 is 16.0 Å². The van der Waals surface area contributed by atoms with Crippen LogP contribution in [0.15, 0.2) is 0 Å². The zero-order valence-electron chi connectivity index (χ0n) is 16.9. The molecule has 140 valence electrons. The van der Waals surface area contributed by atoms with Crippen molar-refractivity contribution in [2.75, 3.05) is 13.1 Å². The van der Waals surface area contributed by atoms with Gasteiger partial charge in [0.2, 0.25) is 0 Å². The maximum atomic E-state index is 3.83. The van der Waals surface area contributed by atoms with Gasteiger partial charge in [-0.1, -0.05) is 65.7 Å². The Labute approximate surface area is 146 Å². The second-order valence-corrected chi connectivity index (χ2v) is 7.90. The first-order valence-electron chi connectivity index (χ1n) is 10.2. The average molecular weight is 328 g/mol. The molecule has 0 saturated carbocycles. The molecule has 3 nitrogen and oxygen atoms in total. The van der Waals surface area contributed by atoms with E-state index < -0.39 is 0 Å². The summed E-state index contributed by atoms with van der Waals surface area (Å²) in [6.07, 6.45) is 12.6. The first-order chi connectivity index (χ1) is 10.9. The van der Waals surface area contributed by atoms with E-state index in [1.165, 1.54) is 51.4 Å². The van der Waals surface area contributed by atoms with Gasteiger partial charge in [0.05, 0.1) is 6.17 Å². The molecule has 0 aliphatic heterocycles. The predicted octanol–water partition coefficient (Wildman–Crippen LogP) is 4.82. The molecular weight excluding hydrogens is 282 g/mol. The Bertz CT molecular complexity index is 242. The van der Waals surface area contributed by atoms with E-state index in [0.717, 1.165) is 19.5 Å². The Morgan fingerprint density at radius 2 is 1.26 bits per heavy atom. The first-order valence-corrected chi connectivity index (χ1v) is 10.2. The van der Waals surface area contributed by atoms with Crippen molar-refractivity contribution < 1.29 is 0 Å². The van der Waals surface area contributed by atoms with Crippen LogP contribution < -0.4 is 16.0 Å².